The molecule has 0 radical (unpaired) electrons. The number of piperidine rings is 1. The molecule has 0 spiro atoms. The number of amides is 1. The summed E-state index contributed by atoms with van der Waals surface area (Å²) in [5.74, 6) is 0.757. The first-order valence-electron chi connectivity index (χ1n) is 10.2. The average molecular weight is 376 g/mol. The lowest BCUT2D eigenvalue weighted by Gasteiger charge is -2.30. The number of benzene rings is 1. The molecule has 142 valence electrons. The highest BCUT2D eigenvalue weighted by Gasteiger charge is 2.34. The summed E-state index contributed by atoms with van der Waals surface area (Å²) in [6, 6.07) is 9.62. The highest BCUT2D eigenvalue weighted by Crippen LogP contribution is 2.32. The highest BCUT2D eigenvalue weighted by atomic mass is 35.5. The van der Waals surface area contributed by atoms with E-state index in [0.29, 0.717) is 31.0 Å². The van der Waals surface area contributed by atoms with Gasteiger partial charge in [0.15, 0.2) is 0 Å². The number of hydrogen-bond acceptors (Lipinski definition) is 3. The fraction of sp³-hybridized carbons (Fsp3) is 0.667. The Bertz CT molecular complexity index is 619. The lowest BCUT2D eigenvalue weighted by atomic mass is 9.89. The van der Waals surface area contributed by atoms with E-state index in [1.807, 2.05) is 18.2 Å². The van der Waals surface area contributed by atoms with Crippen LogP contribution in [0.5, 0.6) is 0 Å². The maximum absolute atomic E-state index is 12.6. The Kier molecular flexibility index (Phi) is 5.82. The number of carbonyl (C=O) groups is 1. The van der Waals surface area contributed by atoms with E-state index in [1.165, 1.54) is 31.2 Å². The maximum Gasteiger partial charge on any atom is 0.220 e. The third-order valence-electron chi connectivity index (χ3n) is 6.35. The number of fused-ring (bicyclic) bond motifs is 2. The molecule has 2 bridgehead atoms. The van der Waals surface area contributed by atoms with Crippen molar-refractivity contribution in [2.24, 2.45) is 5.92 Å². The molecule has 3 heterocycles. The third-order valence-corrected chi connectivity index (χ3v) is 6.59. The number of nitrogens with one attached hydrogen (secondary N) is 2. The van der Waals surface area contributed by atoms with Gasteiger partial charge in [0.1, 0.15) is 0 Å². The topological polar surface area (TPSA) is 44.4 Å². The Balaban J connectivity index is 1.34. The summed E-state index contributed by atoms with van der Waals surface area (Å²) in [6.07, 6.45) is 8.05. The first kappa shape index (κ1) is 18.3. The molecule has 1 amide bonds. The van der Waals surface area contributed by atoms with Gasteiger partial charge in [-0.3, -0.25) is 9.69 Å². The quantitative estimate of drug-likeness (QED) is 0.799. The molecule has 2 N–H and O–H groups in total. The molecular formula is C21H30ClN3O. The molecule has 3 unspecified atom stereocenters. The largest absolute Gasteiger partial charge is 0.354 e. The van der Waals surface area contributed by atoms with Crippen LogP contribution in [0.15, 0.2) is 24.3 Å². The first-order valence-corrected chi connectivity index (χ1v) is 10.6. The van der Waals surface area contributed by atoms with Gasteiger partial charge in [0.2, 0.25) is 5.91 Å². The van der Waals surface area contributed by atoms with Crippen molar-refractivity contribution < 1.29 is 4.79 Å². The van der Waals surface area contributed by atoms with Gasteiger partial charge in [-0.1, -0.05) is 23.7 Å². The summed E-state index contributed by atoms with van der Waals surface area (Å²) >= 11 is 6.21. The molecule has 0 saturated carbocycles. The molecule has 3 saturated heterocycles. The summed E-state index contributed by atoms with van der Waals surface area (Å²) in [6.45, 7) is 2.88. The van der Waals surface area contributed by atoms with Gasteiger partial charge in [0.05, 0.1) is 6.04 Å². The first-order chi connectivity index (χ1) is 12.7. The van der Waals surface area contributed by atoms with Crippen LogP contribution in [0, 0.1) is 5.92 Å². The van der Waals surface area contributed by atoms with E-state index in [2.05, 4.69) is 21.6 Å². The number of carbonyl (C=O) groups excluding carboxylic acids is 1. The number of likely N-dealkylation sites (tertiary alicyclic amines) is 1. The van der Waals surface area contributed by atoms with E-state index in [1.54, 1.807) is 0 Å². The molecule has 5 heteroatoms. The van der Waals surface area contributed by atoms with Crippen LogP contribution in [-0.4, -0.2) is 42.5 Å². The molecule has 1 aromatic carbocycles. The van der Waals surface area contributed by atoms with E-state index in [0.717, 1.165) is 31.0 Å². The monoisotopic (exact) mass is 375 g/mol. The van der Waals surface area contributed by atoms with E-state index in [4.69, 9.17) is 11.6 Å². The Morgan fingerprint density at radius 3 is 2.65 bits per heavy atom. The van der Waals surface area contributed by atoms with E-state index in [9.17, 15) is 4.79 Å². The van der Waals surface area contributed by atoms with E-state index in [-0.39, 0.29) is 11.9 Å². The zero-order valence-electron chi connectivity index (χ0n) is 15.4. The zero-order chi connectivity index (χ0) is 17.9. The predicted molar refractivity (Wildman–Crippen MR) is 105 cm³/mol. The number of nitrogens with zero attached hydrogens (tertiary/aromatic N) is 1. The van der Waals surface area contributed by atoms with E-state index < -0.39 is 0 Å². The van der Waals surface area contributed by atoms with Gasteiger partial charge < -0.3 is 10.6 Å². The van der Waals surface area contributed by atoms with Crippen molar-refractivity contribution in [2.75, 3.05) is 19.6 Å². The molecule has 1 aromatic rings. The van der Waals surface area contributed by atoms with Gasteiger partial charge >= 0.3 is 0 Å². The number of rotatable bonds is 6. The SMILES string of the molecule is O=C(CC1CC2CCC(C1)N2)NCC(c1cccc(Cl)c1)N1CCCC1. The smallest absolute Gasteiger partial charge is 0.220 e. The van der Waals surface area contributed by atoms with Crippen LogP contribution < -0.4 is 10.6 Å². The zero-order valence-corrected chi connectivity index (χ0v) is 16.2. The van der Waals surface area contributed by atoms with E-state index >= 15 is 0 Å². The highest BCUT2D eigenvalue weighted by molar-refractivity contribution is 6.30. The summed E-state index contributed by atoms with van der Waals surface area (Å²) < 4.78 is 0. The minimum Gasteiger partial charge on any atom is -0.354 e. The van der Waals surface area contributed by atoms with Crippen molar-refractivity contribution in [3.05, 3.63) is 34.9 Å². The van der Waals surface area contributed by atoms with Crippen molar-refractivity contribution >= 4 is 17.5 Å². The number of hydrogen-bond donors (Lipinski definition) is 2. The van der Waals surface area contributed by atoms with Gasteiger partial charge in [-0.05, 0) is 75.2 Å². The molecule has 4 rings (SSSR count). The Hall–Kier alpha value is -1.10. The fourth-order valence-electron chi connectivity index (χ4n) is 5.11. The van der Waals surface area contributed by atoms with Crippen LogP contribution in [0.2, 0.25) is 5.02 Å². The molecule has 3 aliphatic heterocycles. The standard InChI is InChI=1S/C21H30ClN3O/c22-17-5-3-4-16(13-17)20(25-8-1-2-9-25)14-23-21(26)12-15-10-18-6-7-19(11-15)24-18/h3-5,13,15,18-20,24H,1-2,6-12,14H2,(H,23,26). The van der Waals surface area contributed by atoms with Gasteiger partial charge in [0, 0.05) is 30.1 Å². The molecule has 3 aliphatic rings. The third kappa shape index (κ3) is 4.41. The molecule has 0 aromatic heterocycles. The molecular weight excluding hydrogens is 346 g/mol. The summed E-state index contributed by atoms with van der Waals surface area (Å²) in [5, 5.41) is 7.65. The summed E-state index contributed by atoms with van der Waals surface area (Å²) in [7, 11) is 0. The summed E-state index contributed by atoms with van der Waals surface area (Å²) in [5.41, 5.74) is 1.21. The second-order valence-electron chi connectivity index (χ2n) is 8.30. The van der Waals surface area contributed by atoms with Gasteiger partial charge in [0.25, 0.3) is 0 Å². The Morgan fingerprint density at radius 2 is 1.96 bits per heavy atom. The maximum atomic E-state index is 12.6. The van der Waals surface area contributed by atoms with Crippen LogP contribution in [-0.2, 0) is 4.79 Å². The Morgan fingerprint density at radius 1 is 1.23 bits per heavy atom. The van der Waals surface area contributed by atoms with Gasteiger partial charge in [-0.15, -0.1) is 0 Å². The summed E-state index contributed by atoms with van der Waals surface area (Å²) in [4.78, 5) is 15.1. The second kappa shape index (κ2) is 8.28. The normalized spacial score (nSPS) is 29.7. The van der Waals surface area contributed by atoms with Crippen molar-refractivity contribution in [1.82, 2.24) is 15.5 Å². The van der Waals surface area contributed by atoms with Crippen molar-refractivity contribution in [1.29, 1.82) is 0 Å². The second-order valence-corrected chi connectivity index (χ2v) is 8.73. The average Bonchev–Trinajstić information content (AvgIpc) is 3.25. The molecule has 4 nitrogen and oxygen atoms in total. The van der Waals surface area contributed by atoms with Crippen molar-refractivity contribution in [2.45, 2.75) is 63.1 Å². The molecule has 0 aliphatic carbocycles. The minimum atomic E-state index is 0.211. The lowest BCUT2D eigenvalue weighted by Crippen LogP contribution is -2.41. The predicted octanol–water partition coefficient (Wildman–Crippen LogP) is 3.51. The molecule has 26 heavy (non-hydrogen) atoms. The van der Waals surface area contributed by atoms with Crippen molar-refractivity contribution in [3.63, 3.8) is 0 Å². The van der Waals surface area contributed by atoms with Gasteiger partial charge in [-0.2, -0.15) is 0 Å². The molecule has 3 atom stereocenters. The van der Waals surface area contributed by atoms with Gasteiger partial charge in [-0.25, -0.2) is 0 Å². The van der Waals surface area contributed by atoms with Crippen LogP contribution in [0.1, 0.15) is 56.6 Å². The van der Waals surface area contributed by atoms with Crippen LogP contribution >= 0.6 is 11.6 Å². The Labute approximate surface area is 161 Å². The molecule has 3 fully saturated rings. The lowest BCUT2D eigenvalue weighted by molar-refractivity contribution is -0.122. The fourth-order valence-corrected chi connectivity index (χ4v) is 5.31. The minimum absolute atomic E-state index is 0.211. The number of halogens is 1. The van der Waals surface area contributed by atoms with Crippen LogP contribution in [0.4, 0.5) is 0 Å². The van der Waals surface area contributed by atoms with Crippen molar-refractivity contribution in [3.8, 4) is 0 Å². The van der Waals surface area contributed by atoms with Crippen LogP contribution in [0.3, 0.4) is 0 Å². The van der Waals surface area contributed by atoms with Crippen LogP contribution in [0.25, 0.3) is 0 Å².